The first-order chi connectivity index (χ1) is 15.1. The standard InChI is InChI=1S/C25H36F3N3O2/c1-16-19(24(10-11-24)25(26,27)28)30-33-20(16)22(5,6)12-13-31(7)15-23(8-9-23)17-14-18(32-29-17)21(2,3)4/h14H,8-13,15H2,1-7H3. The summed E-state index contributed by atoms with van der Waals surface area (Å²) in [4.78, 5) is 2.28. The van der Waals surface area contributed by atoms with Gasteiger partial charge >= 0.3 is 6.18 Å². The molecular weight excluding hydrogens is 431 g/mol. The summed E-state index contributed by atoms with van der Waals surface area (Å²) in [5.41, 5.74) is -0.626. The van der Waals surface area contributed by atoms with E-state index in [4.69, 9.17) is 9.05 Å². The van der Waals surface area contributed by atoms with Crippen molar-refractivity contribution in [3.8, 4) is 0 Å². The molecule has 0 amide bonds. The van der Waals surface area contributed by atoms with Gasteiger partial charge in [0.1, 0.15) is 22.6 Å². The molecule has 33 heavy (non-hydrogen) atoms. The van der Waals surface area contributed by atoms with Crippen LogP contribution in [0.15, 0.2) is 15.1 Å². The minimum absolute atomic E-state index is 0.0340. The molecule has 0 spiro atoms. The molecule has 2 heterocycles. The van der Waals surface area contributed by atoms with Gasteiger partial charge in [0.2, 0.25) is 0 Å². The number of nitrogens with zero attached hydrogens (tertiary/aromatic N) is 3. The van der Waals surface area contributed by atoms with Crippen LogP contribution in [-0.2, 0) is 21.7 Å². The molecule has 0 saturated heterocycles. The van der Waals surface area contributed by atoms with Crippen LogP contribution < -0.4 is 0 Å². The summed E-state index contributed by atoms with van der Waals surface area (Å²) < 4.78 is 51.9. The fourth-order valence-corrected chi connectivity index (χ4v) is 4.90. The fraction of sp³-hybridized carbons (Fsp3) is 0.760. The summed E-state index contributed by atoms with van der Waals surface area (Å²) in [7, 11) is 2.09. The van der Waals surface area contributed by atoms with Crippen molar-refractivity contribution < 1.29 is 22.2 Å². The number of aromatic nitrogens is 2. The maximum atomic E-state index is 13.6. The summed E-state index contributed by atoms with van der Waals surface area (Å²) in [6.45, 7) is 13.8. The number of rotatable bonds is 8. The largest absolute Gasteiger partial charge is 0.400 e. The van der Waals surface area contributed by atoms with Crippen molar-refractivity contribution in [3.05, 3.63) is 34.5 Å². The molecule has 2 aliphatic carbocycles. The van der Waals surface area contributed by atoms with E-state index in [-0.39, 0.29) is 29.4 Å². The second kappa shape index (κ2) is 7.59. The lowest BCUT2D eigenvalue weighted by Crippen LogP contribution is -2.33. The van der Waals surface area contributed by atoms with E-state index in [2.05, 4.69) is 49.1 Å². The Morgan fingerprint density at radius 3 is 2.12 bits per heavy atom. The van der Waals surface area contributed by atoms with Gasteiger partial charge in [0, 0.05) is 34.4 Å². The van der Waals surface area contributed by atoms with Crippen molar-refractivity contribution >= 4 is 0 Å². The topological polar surface area (TPSA) is 55.3 Å². The highest BCUT2D eigenvalue weighted by Crippen LogP contribution is 2.59. The van der Waals surface area contributed by atoms with E-state index in [1.807, 2.05) is 13.8 Å². The molecule has 5 nitrogen and oxygen atoms in total. The molecule has 0 aliphatic heterocycles. The summed E-state index contributed by atoms with van der Waals surface area (Å²) in [5.74, 6) is 1.46. The monoisotopic (exact) mass is 467 g/mol. The van der Waals surface area contributed by atoms with Gasteiger partial charge in [-0.3, -0.25) is 0 Å². The minimum atomic E-state index is -4.29. The van der Waals surface area contributed by atoms with E-state index < -0.39 is 17.0 Å². The van der Waals surface area contributed by atoms with Crippen molar-refractivity contribution in [2.45, 2.75) is 101 Å². The van der Waals surface area contributed by atoms with Gasteiger partial charge in [-0.2, -0.15) is 13.2 Å². The van der Waals surface area contributed by atoms with Gasteiger partial charge in [-0.15, -0.1) is 0 Å². The van der Waals surface area contributed by atoms with Gasteiger partial charge in [-0.25, -0.2) is 0 Å². The predicted octanol–water partition coefficient (Wildman–Crippen LogP) is 6.19. The Bertz CT molecular complexity index is 1000. The summed E-state index contributed by atoms with van der Waals surface area (Å²) in [6, 6.07) is 2.10. The van der Waals surface area contributed by atoms with Crippen LogP contribution in [-0.4, -0.2) is 41.5 Å². The lowest BCUT2D eigenvalue weighted by Gasteiger charge is -2.28. The van der Waals surface area contributed by atoms with E-state index in [1.165, 1.54) is 0 Å². The molecule has 2 fully saturated rings. The number of likely N-dealkylation sites (N-methyl/N-ethyl adjacent to an activating group) is 1. The third-order valence-corrected chi connectivity index (χ3v) is 7.62. The van der Waals surface area contributed by atoms with E-state index in [9.17, 15) is 13.2 Å². The van der Waals surface area contributed by atoms with Crippen LogP contribution in [0.2, 0.25) is 0 Å². The highest BCUT2D eigenvalue weighted by molar-refractivity contribution is 5.37. The van der Waals surface area contributed by atoms with Gasteiger partial charge in [0.25, 0.3) is 0 Å². The lowest BCUT2D eigenvalue weighted by atomic mass is 9.82. The van der Waals surface area contributed by atoms with Crippen molar-refractivity contribution in [3.63, 3.8) is 0 Å². The second-order valence-corrected chi connectivity index (χ2v) is 12.0. The Hall–Kier alpha value is -1.83. The zero-order valence-electron chi connectivity index (χ0n) is 20.8. The number of alkyl halides is 3. The molecule has 2 aromatic heterocycles. The third kappa shape index (κ3) is 4.35. The summed E-state index contributed by atoms with van der Waals surface area (Å²) in [6.07, 6.45) is -1.19. The lowest BCUT2D eigenvalue weighted by molar-refractivity contribution is -0.162. The Kier molecular flexibility index (Phi) is 5.59. The van der Waals surface area contributed by atoms with Crippen molar-refractivity contribution in [1.29, 1.82) is 0 Å². The van der Waals surface area contributed by atoms with E-state index in [0.717, 1.165) is 43.8 Å². The number of hydrogen-bond acceptors (Lipinski definition) is 5. The van der Waals surface area contributed by atoms with Crippen LogP contribution in [0.4, 0.5) is 13.2 Å². The Balaban J connectivity index is 1.41. The maximum absolute atomic E-state index is 13.6. The molecule has 0 bridgehead atoms. The van der Waals surface area contributed by atoms with Crippen LogP contribution >= 0.6 is 0 Å². The Morgan fingerprint density at radius 1 is 1.00 bits per heavy atom. The van der Waals surface area contributed by atoms with Crippen LogP contribution in [0, 0.1) is 6.92 Å². The zero-order valence-corrected chi connectivity index (χ0v) is 20.8. The molecule has 184 valence electrons. The minimum Gasteiger partial charge on any atom is -0.361 e. The number of halogens is 3. The molecular formula is C25H36F3N3O2. The van der Waals surface area contributed by atoms with Crippen LogP contribution in [0.1, 0.15) is 95.2 Å². The fourth-order valence-electron chi connectivity index (χ4n) is 4.90. The average molecular weight is 468 g/mol. The second-order valence-electron chi connectivity index (χ2n) is 12.0. The quantitative estimate of drug-likeness (QED) is 0.463. The van der Waals surface area contributed by atoms with Crippen molar-refractivity contribution in [2.24, 2.45) is 0 Å². The van der Waals surface area contributed by atoms with Gasteiger partial charge in [-0.1, -0.05) is 44.9 Å². The first kappa shape index (κ1) is 24.3. The van der Waals surface area contributed by atoms with E-state index >= 15 is 0 Å². The molecule has 0 radical (unpaired) electrons. The smallest absolute Gasteiger partial charge is 0.361 e. The van der Waals surface area contributed by atoms with E-state index in [1.54, 1.807) is 6.92 Å². The Morgan fingerprint density at radius 2 is 1.64 bits per heavy atom. The van der Waals surface area contributed by atoms with Crippen molar-refractivity contribution in [2.75, 3.05) is 20.1 Å². The SMILES string of the molecule is Cc1c(C2(C(F)(F)F)CC2)noc1C(C)(C)CCN(C)CC1(c2cc(C(C)(C)C)on2)CC1. The third-order valence-electron chi connectivity index (χ3n) is 7.62. The van der Waals surface area contributed by atoms with Crippen LogP contribution in [0.5, 0.6) is 0 Å². The molecule has 2 aromatic rings. The molecule has 2 saturated carbocycles. The molecule has 0 atom stereocenters. The van der Waals surface area contributed by atoms with Crippen molar-refractivity contribution in [1.82, 2.24) is 15.2 Å². The van der Waals surface area contributed by atoms with Gasteiger partial charge in [-0.05, 0) is 52.6 Å². The van der Waals surface area contributed by atoms with E-state index in [0.29, 0.717) is 11.3 Å². The average Bonchev–Trinajstić information content (AvgIpc) is 3.56. The molecule has 0 aromatic carbocycles. The molecule has 0 N–H and O–H groups in total. The normalized spacial score (nSPS) is 19.8. The summed E-state index contributed by atoms with van der Waals surface area (Å²) >= 11 is 0. The zero-order chi connectivity index (χ0) is 24.4. The van der Waals surface area contributed by atoms with Gasteiger partial charge < -0.3 is 13.9 Å². The predicted molar refractivity (Wildman–Crippen MR) is 119 cm³/mol. The maximum Gasteiger partial charge on any atom is 0.400 e. The molecule has 4 rings (SSSR count). The first-order valence-corrected chi connectivity index (χ1v) is 11.8. The molecule has 2 aliphatic rings. The Labute approximate surface area is 194 Å². The highest BCUT2D eigenvalue weighted by Gasteiger charge is 2.67. The van der Waals surface area contributed by atoms with Gasteiger partial charge in [0.05, 0.1) is 5.69 Å². The molecule has 8 heteroatoms. The van der Waals surface area contributed by atoms with Gasteiger partial charge in [0.15, 0.2) is 0 Å². The van der Waals surface area contributed by atoms with Crippen LogP contribution in [0.25, 0.3) is 0 Å². The highest BCUT2D eigenvalue weighted by atomic mass is 19.4. The summed E-state index contributed by atoms with van der Waals surface area (Å²) in [5, 5.41) is 8.29. The first-order valence-electron chi connectivity index (χ1n) is 11.8. The molecule has 0 unspecified atom stereocenters. The van der Waals surface area contributed by atoms with Crippen LogP contribution in [0.3, 0.4) is 0 Å². The number of hydrogen-bond donors (Lipinski definition) is 0.